The van der Waals surface area contributed by atoms with E-state index < -0.39 is 5.60 Å². The van der Waals surface area contributed by atoms with Crippen molar-refractivity contribution in [1.29, 1.82) is 5.26 Å². The molecule has 5 rings (SSSR count). The van der Waals surface area contributed by atoms with Crippen molar-refractivity contribution in [1.82, 2.24) is 25.1 Å². The highest BCUT2D eigenvalue weighted by molar-refractivity contribution is 6.30. The molecule has 0 spiro atoms. The van der Waals surface area contributed by atoms with Crippen LogP contribution in [0.5, 0.6) is 11.8 Å². The Morgan fingerprint density at radius 1 is 1.07 bits per heavy atom. The minimum Gasteiger partial charge on any atom is -0.444 e. The number of carbonyl (C=O) groups excluding carboxylic acids is 1. The molecule has 2 aromatic carbocycles. The summed E-state index contributed by atoms with van der Waals surface area (Å²) in [6, 6.07) is 18.4. The second kappa shape index (κ2) is 11.4. The Bertz CT molecular complexity index is 1530. The van der Waals surface area contributed by atoms with E-state index in [-0.39, 0.29) is 18.0 Å². The minimum atomic E-state index is -0.539. The number of ether oxygens (including phenoxy) is 2. The predicted molar refractivity (Wildman–Crippen MR) is 151 cm³/mol. The average molecular weight is 557 g/mol. The van der Waals surface area contributed by atoms with Gasteiger partial charge in [-0.2, -0.15) is 15.3 Å². The molecule has 0 saturated carbocycles. The number of nitrogens with zero attached hydrogens (tertiary/aromatic N) is 5. The minimum absolute atomic E-state index is 0.125. The van der Waals surface area contributed by atoms with Crippen LogP contribution < -0.4 is 4.74 Å². The Morgan fingerprint density at radius 2 is 1.77 bits per heavy atom. The number of H-pyrrole nitrogens is 1. The zero-order valence-corrected chi connectivity index (χ0v) is 23.3. The average Bonchev–Trinajstić information content (AvgIpc) is 3.38. The first-order valence-corrected chi connectivity index (χ1v) is 13.4. The van der Waals surface area contributed by atoms with E-state index in [2.05, 4.69) is 16.2 Å². The summed E-state index contributed by atoms with van der Waals surface area (Å²) >= 11 is 6.15. The van der Waals surface area contributed by atoms with Gasteiger partial charge in [0.25, 0.3) is 0 Å². The fourth-order valence-corrected chi connectivity index (χ4v) is 4.76. The van der Waals surface area contributed by atoms with Gasteiger partial charge in [-0.1, -0.05) is 23.7 Å². The van der Waals surface area contributed by atoms with Gasteiger partial charge in [0.15, 0.2) is 0 Å². The number of hydrogen-bond acceptors (Lipinski definition) is 7. The number of halogens is 1. The van der Waals surface area contributed by atoms with E-state index in [1.165, 1.54) is 0 Å². The Morgan fingerprint density at radius 3 is 2.42 bits per heavy atom. The molecule has 1 aliphatic rings. The number of aromatic nitrogens is 4. The van der Waals surface area contributed by atoms with Crippen LogP contribution in [0.3, 0.4) is 0 Å². The van der Waals surface area contributed by atoms with E-state index in [1.807, 2.05) is 51.1 Å². The summed E-state index contributed by atoms with van der Waals surface area (Å²) in [5, 5.41) is 17.7. The van der Waals surface area contributed by atoms with Gasteiger partial charge in [0.1, 0.15) is 17.0 Å². The maximum absolute atomic E-state index is 12.6. The van der Waals surface area contributed by atoms with Gasteiger partial charge in [0, 0.05) is 47.0 Å². The Hall–Kier alpha value is -4.42. The van der Waals surface area contributed by atoms with E-state index in [9.17, 15) is 4.79 Å². The number of amides is 1. The first-order chi connectivity index (χ1) is 19.2. The first kappa shape index (κ1) is 27.2. The standard InChI is InChI=1S/C30H29ClN6O3/c1-30(2,3)40-29(38)37-16-13-21(14-17-37)27-25(26(35-36-27)20-6-8-22(31)9-7-20)24-12-15-33-28(34-24)39-23-10-4-19(18-32)5-11-23/h4-12,15,21H,13-14,16-17H2,1-3H3,(H,35,36). The Kier molecular flexibility index (Phi) is 7.71. The van der Waals surface area contributed by atoms with Gasteiger partial charge in [-0.25, -0.2) is 9.78 Å². The monoisotopic (exact) mass is 556 g/mol. The molecule has 1 aliphatic heterocycles. The van der Waals surface area contributed by atoms with Crippen LogP contribution in [-0.4, -0.2) is 49.8 Å². The number of piperidine rings is 1. The SMILES string of the molecule is CC(C)(C)OC(=O)N1CCC(c2[nH]nc(-c3ccc(Cl)cc3)c2-c2ccnc(Oc3ccc(C#N)cc3)n2)CC1. The smallest absolute Gasteiger partial charge is 0.410 e. The van der Waals surface area contributed by atoms with Crippen molar-refractivity contribution in [2.24, 2.45) is 0 Å². The number of carbonyl (C=O) groups is 1. The van der Waals surface area contributed by atoms with E-state index >= 15 is 0 Å². The van der Waals surface area contributed by atoms with E-state index in [0.29, 0.717) is 35.1 Å². The molecule has 0 unspecified atom stereocenters. The van der Waals surface area contributed by atoms with Crippen molar-refractivity contribution in [3.63, 3.8) is 0 Å². The van der Waals surface area contributed by atoms with E-state index in [0.717, 1.165) is 35.4 Å². The van der Waals surface area contributed by atoms with Gasteiger partial charge in [-0.3, -0.25) is 5.10 Å². The van der Waals surface area contributed by atoms with Crippen LogP contribution in [0.2, 0.25) is 5.02 Å². The van der Waals surface area contributed by atoms with Crippen LogP contribution in [0.1, 0.15) is 50.8 Å². The molecule has 10 heteroatoms. The van der Waals surface area contributed by atoms with Crippen molar-refractivity contribution < 1.29 is 14.3 Å². The second-order valence-corrected chi connectivity index (χ2v) is 11.0. The van der Waals surface area contributed by atoms with Gasteiger partial charge in [0.2, 0.25) is 0 Å². The third-order valence-electron chi connectivity index (χ3n) is 6.55. The van der Waals surface area contributed by atoms with Crippen LogP contribution in [0, 0.1) is 11.3 Å². The molecule has 0 bridgehead atoms. The molecule has 4 aromatic rings. The molecule has 0 radical (unpaired) electrons. The maximum atomic E-state index is 12.6. The van der Waals surface area contributed by atoms with Crippen LogP contribution in [0.4, 0.5) is 4.79 Å². The van der Waals surface area contributed by atoms with Gasteiger partial charge in [-0.05, 0) is 76.1 Å². The van der Waals surface area contributed by atoms with Gasteiger partial charge < -0.3 is 14.4 Å². The quantitative estimate of drug-likeness (QED) is 0.282. The third-order valence-corrected chi connectivity index (χ3v) is 6.80. The topological polar surface area (TPSA) is 117 Å². The van der Waals surface area contributed by atoms with Gasteiger partial charge >= 0.3 is 12.1 Å². The highest BCUT2D eigenvalue weighted by atomic mass is 35.5. The van der Waals surface area contributed by atoms with Crippen LogP contribution in [0.25, 0.3) is 22.5 Å². The summed E-state index contributed by atoms with van der Waals surface area (Å²) in [4.78, 5) is 23.4. The van der Waals surface area contributed by atoms with Crippen molar-refractivity contribution in [3.05, 3.63) is 77.1 Å². The summed E-state index contributed by atoms with van der Waals surface area (Å²) in [5.41, 5.74) is 4.08. The molecule has 0 atom stereocenters. The fourth-order valence-electron chi connectivity index (χ4n) is 4.64. The summed E-state index contributed by atoms with van der Waals surface area (Å²) in [6.07, 6.45) is 2.84. The lowest BCUT2D eigenvalue weighted by Gasteiger charge is -2.33. The lowest BCUT2D eigenvalue weighted by molar-refractivity contribution is 0.0204. The van der Waals surface area contributed by atoms with E-state index in [1.54, 1.807) is 35.4 Å². The third kappa shape index (κ3) is 6.24. The van der Waals surface area contributed by atoms with Crippen LogP contribution in [-0.2, 0) is 4.74 Å². The molecule has 1 N–H and O–H groups in total. The van der Waals surface area contributed by atoms with Crippen molar-refractivity contribution in [3.8, 4) is 40.3 Å². The highest BCUT2D eigenvalue weighted by Crippen LogP contribution is 2.40. The fraction of sp³-hybridized carbons (Fsp3) is 0.300. The summed E-state index contributed by atoms with van der Waals surface area (Å²) in [5.74, 6) is 0.649. The lowest BCUT2D eigenvalue weighted by atomic mass is 9.89. The summed E-state index contributed by atoms with van der Waals surface area (Å²) < 4.78 is 11.5. The summed E-state index contributed by atoms with van der Waals surface area (Å²) in [7, 11) is 0. The van der Waals surface area contributed by atoms with Gasteiger partial charge in [-0.15, -0.1) is 0 Å². The zero-order valence-electron chi connectivity index (χ0n) is 22.5. The Balaban J connectivity index is 1.46. The van der Waals surface area contributed by atoms with Crippen molar-refractivity contribution in [2.75, 3.05) is 13.1 Å². The predicted octanol–water partition coefficient (Wildman–Crippen LogP) is 6.97. The molecule has 9 nitrogen and oxygen atoms in total. The molecule has 3 heterocycles. The maximum Gasteiger partial charge on any atom is 0.410 e. The molecular weight excluding hydrogens is 528 g/mol. The summed E-state index contributed by atoms with van der Waals surface area (Å²) in [6.45, 7) is 6.76. The number of likely N-dealkylation sites (tertiary alicyclic amines) is 1. The largest absolute Gasteiger partial charge is 0.444 e. The van der Waals surface area contributed by atoms with Crippen molar-refractivity contribution in [2.45, 2.75) is 45.1 Å². The van der Waals surface area contributed by atoms with Crippen LogP contribution in [0.15, 0.2) is 60.8 Å². The zero-order chi connectivity index (χ0) is 28.3. The second-order valence-electron chi connectivity index (χ2n) is 10.6. The Labute approximate surface area is 237 Å². The highest BCUT2D eigenvalue weighted by Gasteiger charge is 2.31. The number of nitrogens with one attached hydrogen (secondary N) is 1. The molecule has 2 aromatic heterocycles. The van der Waals surface area contributed by atoms with Crippen molar-refractivity contribution >= 4 is 17.7 Å². The number of rotatable bonds is 5. The molecule has 0 aliphatic carbocycles. The number of benzene rings is 2. The first-order valence-electron chi connectivity index (χ1n) is 13.0. The molecule has 40 heavy (non-hydrogen) atoms. The molecule has 1 fully saturated rings. The molecule has 1 saturated heterocycles. The normalized spacial score (nSPS) is 14.0. The number of hydrogen-bond donors (Lipinski definition) is 1. The molecule has 1 amide bonds. The van der Waals surface area contributed by atoms with Crippen LogP contribution >= 0.6 is 11.6 Å². The van der Waals surface area contributed by atoms with E-state index in [4.69, 9.17) is 36.4 Å². The molecule has 204 valence electrons. The number of aromatic amines is 1. The lowest BCUT2D eigenvalue weighted by Crippen LogP contribution is -2.41. The molecular formula is C30H29ClN6O3. The van der Waals surface area contributed by atoms with Gasteiger partial charge in [0.05, 0.1) is 17.3 Å². The number of nitriles is 1.